The fourth-order valence-corrected chi connectivity index (χ4v) is 4.61. The average molecular weight is 595 g/mol. The van der Waals surface area contributed by atoms with Crippen LogP contribution in [0.4, 0.5) is 10.1 Å². The number of carbonyl (C=O) groups is 3. The molecule has 2 aromatic carbocycles. The molecule has 2 amide bonds. The highest BCUT2D eigenvalue weighted by Crippen LogP contribution is 2.26. The number of carboxylic acids is 1. The number of amides is 2. The number of hydrogen-bond acceptors (Lipinski definition) is 7. The van der Waals surface area contributed by atoms with E-state index in [1.54, 1.807) is 36.5 Å². The van der Waals surface area contributed by atoms with Gasteiger partial charge in [0.15, 0.2) is 5.96 Å². The van der Waals surface area contributed by atoms with Crippen molar-refractivity contribution in [1.29, 1.82) is 0 Å². The van der Waals surface area contributed by atoms with Crippen LogP contribution in [0, 0.1) is 0 Å². The van der Waals surface area contributed by atoms with Crippen molar-refractivity contribution in [3.8, 4) is 0 Å². The predicted molar refractivity (Wildman–Crippen MR) is 140 cm³/mol. The minimum Gasteiger partial charge on any atom is -0.481 e. The molecule has 6 N–H and O–H groups in total. The molecule has 11 nitrogen and oxygen atoms in total. The van der Waals surface area contributed by atoms with E-state index in [-0.39, 0.29) is 25.1 Å². The number of halogens is 3. The van der Waals surface area contributed by atoms with Gasteiger partial charge in [-0.05, 0) is 35.9 Å². The molecule has 14 heteroatoms. The van der Waals surface area contributed by atoms with Crippen molar-refractivity contribution in [2.24, 2.45) is 4.99 Å². The van der Waals surface area contributed by atoms with Crippen molar-refractivity contribution < 1.29 is 23.9 Å². The number of carbonyl (C=O) groups excluding carboxylic acids is 2. The summed E-state index contributed by atoms with van der Waals surface area (Å²) < 4.78 is 14.0. The Morgan fingerprint density at radius 1 is 1.24 bits per heavy atom. The van der Waals surface area contributed by atoms with Crippen LogP contribution in [0.25, 0.3) is 10.9 Å². The highest BCUT2D eigenvalue weighted by atomic mass is 79.9. The molecule has 0 saturated carbocycles. The Labute approximate surface area is 223 Å². The van der Waals surface area contributed by atoms with Crippen molar-refractivity contribution in [2.45, 2.75) is 18.6 Å². The minimum absolute atomic E-state index is 0.0220. The molecule has 3 aromatic rings. The number of aromatic nitrogens is 2. The largest absolute Gasteiger partial charge is 0.481 e. The zero-order chi connectivity index (χ0) is 26.5. The summed E-state index contributed by atoms with van der Waals surface area (Å²) in [5.74, 6) is -1.88. The fourth-order valence-electron chi connectivity index (χ4n) is 3.73. The lowest BCUT2D eigenvalue weighted by molar-refractivity contribution is -0.137. The van der Waals surface area contributed by atoms with E-state index in [4.69, 9.17) is 11.6 Å². The van der Waals surface area contributed by atoms with Gasteiger partial charge in [0, 0.05) is 20.4 Å². The van der Waals surface area contributed by atoms with Crippen LogP contribution < -0.4 is 21.3 Å². The predicted octanol–water partition coefficient (Wildman–Crippen LogP) is 2.75. The third-order valence-electron chi connectivity index (χ3n) is 5.42. The monoisotopic (exact) mass is 593 g/mol. The molecular formula is C23H22BrClFN7O4. The first kappa shape index (κ1) is 26.4. The van der Waals surface area contributed by atoms with Gasteiger partial charge < -0.3 is 26.4 Å². The Morgan fingerprint density at radius 2 is 2.05 bits per heavy atom. The number of guanidine groups is 1. The van der Waals surface area contributed by atoms with Gasteiger partial charge in [0.1, 0.15) is 6.17 Å². The molecule has 194 valence electrons. The maximum Gasteiger partial charge on any atom is 0.305 e. The number of hydrogen-bond donors (Lipinski definition) is 6. The molecule has 1 aliphatic rings. The van der Waals surface area contributed by atoms with Crippen molar-refractivity contribution in [3.63, 3.8) is 0 Å². The van der Waals surface area contributed by atoms with E-state index in [1.165, 1.54) is 0 Å². The summed E-state index contributed by atoms with van der Waals surface area (Å²) >= 11 is 9.37. The summed E-state index contributed by atoms with van der Waals surface area (Å²) in [5, 5.41) is 28.2. The zero-order valence-electron chi connectivity index (χ0n) is 19.1. The lowest BCUT2D eigenvalue weighted by Gasteiger charge is -2.19. The first-order valence-electron chi connectivity index (χ1n) is 11.1. The number of H-pyrrole nitrogens is 1. The highest BCUT2D eigenvalue weighted by Gasteiger charge is 2.21. The number of aliphatic imine (C=N–C) groups is 1. The standard InChI is InChI=1S/C23H22BrClFN7O4/c24-13-1-11(2-14(25)5-13)17(6-21(35)36)31-20(34)10-27-22(37)12-3-18(16-9-30-33-19(16)4-12)32-23-28-7-15(26)8-29-23/h1-5,9,15,17H,6-8,10H2,(H,27,37)(H,30,33)(H,31,34)(H,35,36)(H2,28,29,32)/t17-/m0/s1. The Hall–Kier alpha value is -3.71. The summed E-state index contributed by atoms with van der Waals surface area (Å²) in [7, 11) is 0. The summed E-state index contributed by atoms with van der Waals surface area (Å²) in [4.78, 5) is 40.9. The van der Waals surface area contributed by atoms with Crippen LogP contribution in [0.3, 0.4) is 0 Å². The first-order valence-corrected chi connectivity index (χ1v) is 12.3. The summed E-state index contributed by atoms with van der Waals surface area (Å²) in [6, 6.07) is 7.14. The van der Waals surface area contributed by atoms with Crippen LogP contribution in [0.5, 0.6) is 0 Å². The summed E-state index contributed by atoms with van der Waals surface area (Å²) in [6.07, 6.45) is 0.127. The molecule has 2 atom stereocenters. The minimum atomic E-state index is -1.11. The molecule has 1 unspecified atom stereocenters. The first-order chi connectivity index (χ1) is 17.7. The van der Waals surface area contributed by atoms with Crippen molar-refractivity contribution in [3.05, 3.63) is 57.2 Å². The molecule has 0 saturated heterocycles. The molecule has 0 radical (unpaired) electrons. The van der Waals surface area contributed by atoms with Crippen LogP contribution >= 0.6 is 27.5 Å². The molecule has 0 fully saturated rings. The number of fused-ring (bicyclic) bond motifs is 1. The summed E-state index contributed by atoms with van der Waals surface area (Å²) in [5.41, 5.74) is 1.80. The maximum atomic E-state index is 13.4. The number of nitrogens with zero attached hydrogens (tertiary/aromatic N) is 2. The van der Waals surface area contributed by atoms with Crippen molar-refractivity contribution in [1.82, 2.24) is 26.1 Å². The average Bonchev–Trinajstić information content (AvgIpc) is 3.32. The summed E-state index contributed by atoms with van der Waals surface area (Å²) in [6.45, 7) is -0.258. The molecule has 37 heavy (non-hydrogen) atoms. The van der Waals surface area contributed by atoms with Gasteiger partial charge in [-0.2, -0.15) is 5.10 Å². The second kappa shape index (κ2) is 11.6. The molecule has 0 bridgehead atoms. The third kappa shape index (κ3) is 6.95. The van der Waals surface area contributed by atoms with E-state index >= 15 is 0 Å². The lowest BCUT2D eigenvalue weighted by atomic mass is 10.0. The fraction of sp³-hybridized carbons (Fsp3) is 0.261. The van der Waals surface area contributed by atoms with Crippen LogP contribution in [-0.4, -0.2) is 64.9 Å². The number of aliphatic carboxylic acids is 1. The number of aromatic amines is 1. The smallest absolute Gasteiger partial charge is 0.305 e. The molecular weight excluding hydrogens is 573 g/mol. The second-order valence-corrected chi connectivity index (χ2v) is 9.60. The molecule has 1 aromatic heterocycles. The van der Waals surface area contributed by atoms with Gasteiger partial charge in [0.05, 0.1) is 49.5 Å². The SMILES string of the molecule is O=C(O)C[C@H](NC(=O)CNC(=O)c1cc(NC2=NCC(F)CN2)c2cn[nH]c2c1)c1cc(Cl)cc(Br)c1. The zero-order valence-corrected chi connectivity index (χ0v) is 21.5. The van der Waals surface area contributed by atoms with Gasteiger partial charge in [0.2, 0.25) is 5.91 Å². The number of rotatable bonds is 8. The quantitative estimate of drug-likeness (QED) is 0.234. The number of nitrogens with one attached hydrogen (secondary N) is 5. The van der Waals surface area contributed by atoms with E-state index in [2.05, 4.69) is 52.4 Å². The molecule has 0 aliphatic carbocycles. The van der Waals surface area contributed by atoms with E-state index in [0.29, 0.717) is 37.6 Å². The van der Waals surface area contributed by atoms with Crippen molar-refractivity contribution >= 4 is 67.9 Å². The van der Waals surface area contributed by atoms with Gasteiger partial charge >= 0.3 is 5.97 Å². The van der Waals surface area contributed by atoms with E-state index in [9.17, 15) is 23.9 Å². The lowest BCUT2D eigenvalue weighted by Crippen LogP contribution is -2.41. The van der Waals surface area contributed by atoms with Gasteiger partial charge in [0.25, 0.3) is 5.91 Å². The van der Waals surface area contributed by atoms with Gasteiger partial charge in [-0.15, -0.1) is 0 Å². The van der Waals surface area contributed by atoms with Gasteiger partial charge in [-0.3, -0.25) is 19.5 Å². The molecule has 1 aliphatic heterocycles. The van der Waals surface area contributed by atoms with Crippen LogP contribution in [0.1, 0.15) is 28.4 Å². The second-order valence-electron chi connectivity index (χ2n) is 8.25. The number of anilines is 1. The Kier molecular flexibility index (Phi) is 8.24. The molecule has 0 spiro atoms. The third-order valence-corrected chi connectivity index (χ3v) is 6.10. The Balaban J connectivity index is 1.44. The highest BCUT2D eigenvalue weighted by molar-refractivity contribution is 9.10. The van der Waals surface area contributed by atoms with Gasteiger partial charge in [-0.1, -0.05) is 27.5 Å². The number of carboxylic acid groups (broad SMARTS) is 1. The van der Waals surface area contributed by atoms with E-state index in [1.807, 2.05) is 0 Å². The normalized spacial score (nSPS) is 15.9. The van der Waals surface area contributed by atoms with Crippen LogP contribution in [-0.2, 0) is 9.59 Å². The Morgan fingerprint density at radius 3 is 2.76 bits per heavy atom. The van der Waals surface area contributed by atoms with Gasteiger partial charge in [-0.25, -0.2) is 9.38 Å². The molecule has 2 heterocycles. The van der Waals surface area contributed by atoms with Crippen molar-refractivity contribution in [2.75, 3.05) is 25.0 Å². The maximum absolute atomic E-state index is 13.4. The topological polar surface area (TPSA) is 161 Å². The number of alkyl halides is 1. The van der Waals surface area contributed by atoms with Crippen LogP contribution in [0.15, 0.2) is 46.0 Å². The van der Waals surface area contributed by atoms with Crippen LogP contribution in [0.2, 0.25) is 5.02 Å². The van der Waals surface area contributed by atoms with E-state index in [0.717, 1.165) is 0 Å². The number of benzene rings is 2. The Bertz CT molecular complexity index is 1360. The van der Waals surface area contributed by atoms with E-state index < -0.39 is 36.5 Å². The molecule has 4 rings (SSSR count).